The number of carbonyl (C=O) groups excluding carboxylic acids is 1. The van der Waals surface area contributed by atoms with Crippen molar-refractivity contribution in [3.8, 4) is 11.5 Å². The molecule has 14 heteroatoms. The van der Waals surface area contributed by atoms with Crippen molar-refractivity contribution in [3.63, 3.8) is 0 Å². The van der Waals surface area contributed by atoms with E-state index in [1.165, 1.54) is 26.2 Å². The second-order valence-corrected chi connectivity index (χ2v) is 5.22. The maximum atomic E-state index is 12.3. The molecule has 2 aromatic rings. The highest BCUT2D eigenvalue weighted by molar-refractivity contribution is 5.91. The monoisotopic (exact) mass is 401 g/mol. The Morgan fingerprint density at radius 2 is 1.96 bits per heavy atom. The minimum absolute atomic E-state index is 0.0698. The highest BCUT2D eigenvalue weighted by Crippen LogP contribution is 2.32. The van der Waals surface area contributed by atoms with Crippen molar-refractivity contribution in [2.45, 2.75) is 20.1 Å². The van der Waals surface area contributed by atoms with E-state index in [-0.39, 0.29) is 22.9 Å². The first kappa shape index (κ1) is 20.5. The molecule has 12 nitrogen and oxygen atoms in total. The van der Waals surface area contributed by atoms with Gasteiger partial charge >= 0.3 is 18.1 Å². The standard InChI is InChI=1S/C14H13F2N5O7/c1-7-12(20(23)24)13(21(25)26)18-19(7)6-11(22)17-8-3-4-9(28-14(15)16)10(5-8)27-2/h3-5,14H,6H2,1-2H3,(H,17,22). The molecule has 28 heavy (non-hydrogen) atoms. The number of alkyl halides is 2. The van der Waals surface area contributed by atoms with Crippen molar-refractivity contribution in [1.82, 2.24) is 9.78 Å². The lowest BCUT2D eigenvalue weighted by atomic mass is 10.2. The molecular weight excluding hydrogens is 388 g/mol. The molecule has 0 atom stereocenters. The molecule has 0 saturated heterocycles. The average Bonchev–Trinajstić information content (AvgIpc) is 2.92. The van der Waals surface area contributed by atoms with Crippen molar-refractivity contribution < 1.29 is 32.9 Å². The van der Waals surface area contributed by atoms with Crippen LogP contribution < -0.4 is 14.8 Å². The van der Waals surface area contributed by atoms with E-state index in [1.807, 2.05) is 0 Å². The summed E-state index contributed by atoms with van der Waals surface area (Å²) < 4.78 is 34.6. The molecule has 0 bridgehead atoms. The summed E-state index contributed by atoms with van der Waals surface area (Å²) in [5.41, 5.74) is -0.838. The molecule has 0 fully saturated rings. The number of anilines is 1. The fraction of sp³-hybridized carbons (Fsp3) is 0.286. The number of amides is 1. The largest absolute Gasteiger partial charge is 0.493 e. The number of nitrogens with one attached hydrogen (secondary N) is 1. The van der Waals surface area contributed by atoms with Crippen LogP contribution in [0.3, 0.4) is 0 Å². The summed E-state index contributed by atoms with van der Waals surface area (Å²) in [5.74, 6) is -2.02. The Labute approximate surface area is 154 Å². The molecule has 0 aliphatic heterocycles. The quantitative estimate of drug-likeness (QED) is 0.522. The van der Waals surface area contributed by atoms with Crippen LogP contribution in [-0.4, -0.2) is 39.3 Å². The zero-order valence-electron chi connectivity index (χ0n) is 14.4. The van der Waals surface area contributed by atoms with Gasteiger partial charge in [0.2, 0.25) is 5.91 Å². The number of methoxy groups -OCH3 is 1. The van der Waals surface area contributed by atoms with Gasteiger partial charge in [0.25, 0.3) is 0 Å². The van der Waals surface area contributed by atoms with Gasteiger partial charge in [-0.1, -0.05) is 0 Å². The van der Waals surface area contributed by atoms with Crippen LogP contribution in [0.1, 0.15) is 5.69 Å². The van der Waals surface area contributed by atoms with Crippen LogP contribution in [0.15, 0.2) is 18.2 Å². The van der Waals surface area contributed by atoms with E-state index < -0.39 is 40.4 Å². The van der Waals surface area contributed by atoms with E-state index >= 15 is 0 Å². The molecule has 0 radical (unpaired) electrons. The van der Waals surface area contributed by atoms with E-state index in [9.17, 15) is 33.8 Å². The van der Waals surface area contributed by atoms with Gasteiger partial charge in [0, 0.05) is 11.8 Å². The summed E-state index contributed by atoms with van der Waals surface area (Å²) in [5, 5.41) is 27.8. The van der Waals surface area contributed by atoms with E-state index in [0.717, 1.165) is 10.7 Å². The molecule has 2 rings (SSSR count). The van der Waals surface area contributed by atoms with Gasteiger partial charge < -0.3 is 24.9 Å². The first-order valence-electron chi connectivity index (χ1n) is 7.43. The zero-order valence-corrected chi connectivity index (χ0v) is 14.4. The zero-order chi connectivity index (χ0) is 21.0. The molecule has 1 aromatic carbocycles. The summed E-state index contributed by atoms with van der Waals surface area (Å²) >= 11 is 0. The lowest BCUT2D eigenvalue weighted by molar-refractivity contribution is -0.424. The predicted molar refractivity (Wildman–Crippen MR) is 88.5 cm³/mol. The number of ether oxygens (including phenoxy) is 2. The van der Waals surface area contributed by atoms with Crippen LogP contribution in [0.2, 0.25) is 0 Å². The van der Waals surface area contributed by atoms with Gasteiger partial charge in [-0.05, 0) is 24.0 Å². The number of aromatic nitrogens is 2. The number of nitrogens with zero attached hydrogens (tertiary/aromatic N) is 4. The minimum Gasteiger partial charge on any atom is -0.493 e. The smallest absolute Gasteiger partial charge is 0.468 e. The highest BCUT2D eigenvalue weighted by atomic mass is 19.3. The number of benzene rings is 1. The molecule has 0 saturated carbocycles. The molecule has 150 valence electrons. The lowest BCUT2D eigenvalue weighted by Gasteiger charge is -2.12. The Bertz CT molecular complexity index is 931. The van der Waals surface area contributed by atoms with E-state index in [2.05, 4.69) is 15.2 Å². The third-order valence-electron chi connectivity index (χ3n) is 3.47. The summed E-state index contributed by atoms with van der Waals surface area (Å²) in [6, 6.07) is 3.63. The Hall–Kier alpha value is -3.84. The molecular formula is C14H13F2N5O7. The van der Waals surface area contributed by atoms with Gasteiger partial charge in [0.1, 0.15) is 12.2 Å². The predicted octanol–water partition coefficient (Wildman–Crippen LogP) is 2.26. The number of rotatable bonds is 8. The van der Waals surface area contributed by atoms with E-state index in [0.29, 0.717) is 0 Å². The minimum atomic E-state index is -3.07. The first-order valence-corrected chi connectivity index (χ1v) is 7.43. The SMILES string of the molecule is COc1cc(NC(=O)Cn2nc([N+](=O)[O-])c([N+](=O)[O-])c2C)ccc1OC(F)F. The van der Waals surface area contributed by atoms with Crippen molar-refractivity contribution in [2.75, 3.05) is 12.4 Å². The van der Waals surface area contributed by atoms with Gasteiger partial charge in [-0.15, -0.1) is 0 Å². The normalized spacial score (nSPS) is 10.6. The van der Waals surface area contributed by atoms with Gasteiger partial charge in [-0.25, -0.2) is 0 Å². The molecule has 0 spiro atoms. The van der Waals surface area contributed by atoms with Crippen LogP contribution in [0.25, 0.3) is 0 Å². The van der Waals surface area contributed by atoms with Crippen molar-refractivity contribution in [3.05, 3.63) is 44.1 Å². The molecule has 1 aromatic heterocycles. The number of nitro groups is 2. The third-order valence-corrected chi connectivity index (χ3v) is 3.47. The van der Waals surface area contributed by atoms with Crippen molar-refractivity contribution in [1.29, 1.82) is 0 Å². The molecule has 1 N–H and O–H groups in total. The molecule has 0 unspecified atom stereocenters. The third kappa shape index (κ3) is 4.46. The van der Waals surface area contributed by atoms with Gasteiger partial charge in [0.15, 0.2) is 11.5 Å². The Morgan fingerprint density at radius 3 is 2.46 bits per heavy atom. The molecule has 0 aliphatic carbocycles. The van der Waals surface area contributed by atoms with Crippen LogP contribution in [0, 0.1) is 27.2 Å². The maximum Gasteiger partial charge on any atom is 0.468 e. The van der Waals surface area contributed by atoms with Crippen molar-refractivity contribution >= 4 is 23.1 Å². The Morgan fingerprint density at radius 1 is 1.29 bits per heavy atom. The van der Waals surface area contributed by atoms with Crippen LogP contribution in [-0.2, 0) is 11.3 Å². The van der Waals surface area contributed by atoms with Crippen LogP contribution >= 0.6 is 0 Å². The first-order chi connectivity index (χ1) is 13.1. The summed E-state index contributed by atoms with van der Waals surface area (Å²) in [6.45, 7) is -2.41. The van der Waals surface area contributed by atoms with Crippen molar-refractivity contribution in [2.24, 2.45) is 0 Å². The maximum absolute atomic E-state index is 12.3. The molecule has 1 amide bonds. The van der Waals surface area contributed by atoms with Crippen LogP contribution in [0.4, 0.5) is 26.0 Å². The fourth-order valence-electron chi connectivity index (χ4n) is 2.29. The summed E-state index contributed by atoms with van der Waals surface area (Å²) in [6.07, 6.45) is 0. The summed E-state index contributed by atoms with van der Waals surface area (Å²) in [7, 11) is 1.21. The number of carbonyl (C=O) groups is 1. The average molecular weight is 401 g/mol. The summed E-state index contributed by atoms with van der Waals surface area (Å²) in [4.78, 5) is 32.1. The molecule has 1 heterocycles. The number of hydrogen-bond donors (Lipinski definition) is 1. The van der Waals surface area contributed by atoms with Gasteiger partial charge in [0.05, 0.1) is 17.1 Å². The topological polar surface area (TPSA) is 152 Å². The van der Waals surface area contributed by atoms with Gasteiger partial charge in [-0.2, -0.15) is 13.5 Å². The van der Waals surface area contributed by atoms with Gasteiger partial charge in [-0.3, -0.25) is 14.9 Å². The van der Waals surface area contributed by atoms with E-state index in [4.69, 9.17) is 4.74 Å². The fourth-order valence-corrected chi connectivity index (χ4v) is 2.29. The highest BCUT2D eigenvalue weighted by Gasteiger charge is 2.35. The second kappa shape index (κ2) is 8.24. The Kier molecular flexibility index (Phi) is 6.02. The van der Waals surface area contributed by atoms with E-state index in [1.54, 1.807) is 0 Å². The molecule has 0 aliphatic rings. The lowest BCUT2D eigenvalue weighted by Crippen LogP contribution is -2.20. The number of halogens is 2. The Balaban J connectivity index is 2.20. The number of hydrogen-bond acceptors (Lipinski definition) is 8. The van der Waals surface area contributed by atoms with Crippen LogP contribution in [0.5, 0.6) is 11.5 Å². The second-order valence-electron chi connectivity index (χ2n) is 5.22.